The minimum Gasteiger partial charge on any atom is -0.369 e. The van der Waals surface area contributed by atoms with Crippen LogP contribution in [0.4, 0.5) is 5.82 Å². The van der Waals surface area contributed by atoms with Gasteiger partial charge in [0.25, 0.3) is 0 Å². The second-order valence-corrected chi connectivity index (χ2v) is 6.44. The third-order valence-corrected chi connectivity index (χ3v) is 4.93. The van der Waals surface area contributed by atoms with E-state index >= 15 is 0 Å². The van der Waals surface area contributed by atoms with Crippen LogP contribution in [0.1, 0.15) is 18.4 Å². The van der Waals surface area contributed by atoms with Crippen molar-refractivity contribution >= 4 is 38.4 Å². The van der Waals surface area contributed by atoms with Crippen molar-refractivity contribution in [1.82, 2.24) is 4.98 Å². The molecular formula is C16H18BrN3O. The Morgan fingerprint density at radius 3 is 2.71 bits per heavy atom. The summed E-state index contributed by atoms with van der Waals surface area (Å²) in [5.74, 6) is 0.810. The summed E-state index contributed by atoms with van der Waals surface area (Å²) in [7, 11) is 0. The first kappa shape index (κ1) is 14.3. The van der Waals surface area contributed by atoms with Crippen LogP contribution in [0, 0.1) is 12.8 Å². The molecule has 0 aliphatic carbocycles. The summed E-state index contributed by atoms with van der Waals surface area (Å²) in [6.07, 6.45) is 3.46. The molecule has 0 radical (unpaired) electrons. The molecular weight excluding hydrogens is 330 g/mol. The van der Waals surface area contributed by atoms with Crippen molar-refractivity contribution < 1.29 is 4.79 Å². The van der Waals surface area contributed by atoms with Crippen LogP contribution in [-0.4, -0.2) is 24.0 Å². The van der Waals surface area contributed by atoms with Gasteiger partial charge in [0.15, 0.2) is 0 Å². The molecule has 1 saturated heterocycles. The average molecular weight is 348 g/mol. The van der Waals surface area contributed by atoms with E-state index in [4.69, 9.17) is 5.73 Å². The summed E-state index contributed by atoms with van der Waals surface area (Å²) in [5.41, 5.74) is 6.64. The third kappa shape index (κ3) is 2.62. The Balaban J connectivity index is 1.99. The van der Waals surface area contributed by atoms with E-state index in [-0.39, 0.29) is 11.8 Å². The third-order valence-electron chi connectivity index (χ3n) is 4.27. The highest BCUT2D eigenvalue weighted by molar-refractivity contribution is 9.10. The number of primary amides is 1. The zero-order valence-corrected chi connectivity index (χ0v) is 13.6. The van der Waals surface area contributed by atoms with E-state index in [2.05, 4.69) is 50.9 Å². The topological polar surface area (TPSA) is 59.2 Å². The van der Waals surface area contributed by atoms with Crippen LogP contribution < -0.4 is 10.6 Å². The molecule has 21 heavy (non-hydrogen) atoms. The highest BCUT2D eigenvalue weighted by Gasteiger charge is 2.25. The molecule has 1 aromatic heterocycles. The highest BCUT2D eigenvalue weighted by Crippen LogP contribution is 2.34. The number of anilines is 1. The van der Waals surface area contributed by atoms with Crippen molar-refractivity contribution in [2.75, 3.05) is 18.0 Å². The summed E-state index contributed by atoms with van der Waals surface area (Å²) >= 11 is 3.64. The number of aromatic nitrogens is 1. The minimum absolute atomic E-state index is 0.00130. The number of halogens is 1. The van der Waals surface area contributed by atoms with Crippen LogP contribution in [-0.2, 0) is 4.79 Å². The normalized spacial score (nSPS) is 16.4. The summed E-state index contributed by atoms with van der Waals surface area (Å²) in [4.78, 5) is 18.1. The molecule has 1 aliphatic heterocycles. The molecule has 5 heteroatoms. The Morgan fingerprint density at radius 1 is 1.33 bits per heavy atom. The van der Waals surface area contributed by atoms with Gasteiger partial charge in [-0.2, -0.15) is 0 Å². The summed E-state index contributed by atoms with van der Waals surface area (Å²) in [6, 6.07) is 6.23. The van der Waals surface area contributed by atoms with Crippen molar-refractivity contribution in [2.45, 2.75) is 19.8 Å². The number of hydrogen-bond donors (Lipinski definition) is 1. The van der Waals surface area contributed by atoms with E-state index in [0.717, 1.165) is 41.6 Å². The molecule has 0 atom stereocenters. The number of fused-ring (bicyclic) bond motifs is 1. The van der Waals surface area contributed by atoms with E-state index in [1.165, 1.54) is 10.9 Å². The van der Waals surface area contributed by atoms with Gasteiger partial charge in [0.05, 0.1) is 0 Å². The van der Waals surface area contributed by atoms with Gasteiger partial charge >= 0.3 is 0 Å². The van der Waals surface area contributed by atoms with E-state index in [1.807, 2.05) is 6.20 Å². The lowest BCUT2D eigenvalue weighted by molar-refractivity contribution is -0.122. The van der Waals surface area contributed by atoms with Gasteiger partial charge in [-0.25, -0.2) is 4.98 Å². The number of benzene rings is 1. The maximum absolute atomic E-state index is 11.3. The number of nitrogens with zero attached hydrogens (tertiary/aromatic N) is 2. The zero-order chi connectivity index (χ0) is 15.0. The van der Waals surface area contributed by atoms with Crippen molar-refractivity contribution in [2.24, 2.45) is 11.7 Å². The van der Waals surface area contributed by atoms with Crippen LogP contribution in [0.3, 0.4) is 0 Å². The first-order valence-corrected chi connectivity index (χ1v) is 7.95. The van der Waals surface area contributed by atoms with Crippen LogP contribution in [0.25, 0.3) is 10.8 Å². The largest absolute Gasteiger partial charge is 0.369 e. The molecule has 4 nitrogen and oxygen atoms in total. The summed E-state index contributed by atoms with van der Waals surface area (Å²) < 4.78 is 1.06. The van der Waals surface area contributed by atoms with Gasteiger partial charge in [0.2, 0.25) is 5.91 Å². The molecule has 110 valence electrons. The van der Waals surface area contributed by atoms with E-state index < -0.39 is 0 Å². The molecule has 0 saturated carbocycles. The fraction of sp³-hybridized carbons (Fsp3) is 0.375. The van der Waals surface area contributed by atoms with Crippen molar-refractivity contribution in [3.8, 4) is 0 Å². The van der Waals surface area contributed by atoms with Gasteiger partial charge in [-0.1, -0.05) is 22.0 Å². The number of aryl methyl sites for hydroxylation is 1. The monoisotopic (exact) mass is 347 g/mol. The first-order chi connectivity index (χ1) is 10.1. The summed E-state index contributed by atoms with van der Waals surface area (Å²) in [6.45, 7) is 3.75. The van der Waals surface area contributed by atoms with Gasteiger partial charge in [-0.3, -0.25) is 4.79 Å². The Bertz CT molecular complexity index is 693. The Kier molecular flexibility index (Phi) is 3.85. The molecule has 1 aromatic carbocycles. The van der Waals surface area contributed by atoms with Crippen LogP contribution in [0.5, 0.6) is 0 Å². The number of piperidine rings is 1. The highest BCUT2D eigenvalue weighted by atomic mass is 79.9. The molecule has 1 amide bonds. The van der Waals surface area contributed by atoms with Crippen LogP contribution >= 0.6 is 15.9 Å². The van der Waals surface area contributed by atoms with Crippen molar-refractivity contribution in [3.05, 3.63) is 34.4 Å². The van der Waals surface area contributed by atoms with E-state index in [1.54, 1.807) is 0 Å². The Hall–Kier alpha value is -1.62. The molecule has 2 heterocycles. The fourth-order valence-electron chi connectivity index (χ4n) is 3.00. The molecule has 0 bridgehead atoms. The Morgan fingerprint density at radius 2 is 2.05 bits per heavy atom. The number of nitrogens with two attached hydrogens (primary N) is 1. The van der Waals surface area contributed by atoms with Gasteiger partial charge < -0.3 is 10.6 Å². The van der Waals surface area contributed by atoms with Gasteiger partial charge in [0, 0.05) is 35.1 Å². The number of rotatable bonds is 2. The molecule has 3 rings (SSSR count). The molecule has 0 spiro atoms. The molecule has 0 unspecified atom stereocenters. The molecule has 2 N–H and O–H groups in total. The molecule has 1 aliphatic rings. The second-order valence-electron chi connectivity index (χ2n) is 5.59. The lowest BCUT2D eigenvalue weighted by Crippen LogP contribution is -2.39. The predicted octanol–water partition coefficient (Wildman–Crippen LogP) is 3.01. The number of carbonyl (C=O) groups excluding carboxylic acids is 1. The van der Waals surface area contributed by atoms with Crippen LogP contribution in [0.15, 0.2) is 28.9 Å². The predicted molar refractivity (Wildman–Crippen MR) is 88.3 cm³/mol. The lowest BCUT2D eigenvalue weighted by atomic mass is 9.96. The second kappa shape index (κ2) is 5.64. The summed E-state index contributed by atoms with van der Waals surface area (Å²) in [5, 5.41) is 2.36. The molecule has 2 aromatic rings. The number of carbonyl (C=O) groups is 1. The quantitative estimate of drug-likeness (QED) is 0.908. The van der Waals surface area contributed by atoms with E-state index in [9.17, 15) is 4.79 Å². The van der Waals surface area contributed by atoms with Gasteiger partial charge in [-0.05, 0) is 42.8 Å². The smallest absolute Gasteiger partial charge is 0.220 e. The maximum atomic E-state index is 11.3. The van der Waals surface area contributed by atoms with Gasteiger partial charge in [-0.15, -0.1) is 0 Å². The fourth-order valence-corrected chi connectivity index (χ4v) is 3.52. The van der Waals surface area contributed by atoms with Crippen LogP contribution in [0.2, 0.25) is 0 Å². The van der Waals surface area contributed by atoms with E-state index in [0.29, 0.717) is 0 Å². The van der Waals surface area contributed by atoms with Crippen molar-refractivity contribution in [1.29, 1.82) is 0 Å². The first-order valence-electron chi connectivity index (χ1n) is 7.16. The maximum Gasteiger partial charge on any atom is 0.220 e. The van der Waals surface area contributed by atoms with Crippen molar-refractivity contribution in [3.63, 3.8) is 0 Å². The molecule has 1 fully saturated rings. The van der Waals surface area contributed by atoms with Gasteiger partial charge in [0.1, 0.15) is 5.82 Å². The average Bonchev–Trinajstić information content (AvgIpc) is 2.50. The Labute approximate surface area is 132 Å². The standard InChI is InChI=1S/C16H18BrN3O/c1-10-2-3-13(17)14-12(10)4-7-19-16(14)20-8-5-11(6-9-20)15(18)21/h2-4,7,11H,5-6,8-9H2,1H3,(H2,18,21). The minimum atomic E-state index is -0.183. The number of pyridine rings is 1. The zero-order valence-electron chi connectivity index (χ0n) is 12.0. The SMILES string of the molecule is Cc1ccc(Br)c2c(N3CCC(C(N)=O)CC3)nccc12. The number of amides is 1. The lowest BCUT2D eigenvalue weighted by Gasteiger charge is -2.32. The number of hydrogen-bond acceptors (Lipinski definition) is 3.